The molecule has 0 aliphatic rings. The van der Waals surface area contributed by atoms with Crippen LogP contribution in [0.5, 0.6) is 0 Å². The maximum Gasteiger partial charge on any atom is 0.415 e. The van der Waals surface area contributed by atoms with Gasteiger partial charge in [0.1, 0.15) is 6.67 Å². The second-order valence-corrected chi connectivity index (χ2v) is 4.30. The van der Waals surface area contributed by atoms with E-state index >= 15 is 0 Å². The van der Waals surface area contributed by atoms with E-state index in [1.807, 2.05) is 0 Å². The lowest BCUT2D eigenvalue weighted by molar-refractivity contribution is -0.384. The van der Waals surface area contributed by atoms with Crippen molar-refractivity contribution in [3.05, 3.63) is 39.9 Å². The normalized spacial score (nSPS) is 16.7. The van der Waals surface area contributed by atoms with Crippen molar-refractivity contribution >= 4 is 5.69 Å². The smallest absolute Gasteiger partial charge is 0.383 e. The van der Waals surface area contributed by atoms with Crippen LogP contribution in [-0.2, 0) is 5.41 Å². The number of nitro benzene ring substituents is 1. The monoisotopic (exact) mass is 281 g/mol. The first-order valence-corrected chi connectivity index (χ1v) is 5.18. The van der Waals surface area contributed by atoms with Crippen LogP contribution in [-0.4, -0.2) is 29.0 Å². The van der Waals surface area contributed by atoms with Crippen LogP contribution in [0.15, 0.2) is 24.3 Å². The maximum absolute atomic E-state index is 13.0. The van der Waals surface area contributed by atoms with Gasteiger partial charge in [0.15, 0.2) is 6.10 Å². The molecular weight excluding hydrogens is 270 g/mol. The number of non-ortho nitro benzene ring substituents is 1. The minimum atomic E-state index is -4.98. The Bertz CT molecular complexity index is 460. The van der Waals surface area contributed by atoms with E-state index in [2.05, 4.69) is 0 Å². The Kier molecular flexibility index (Phi) is 4.14. The van der Waals surface area contributed by atoms with Crippen molar-refractivity contribution in [1.29, 1.82) is 0 Å². The summed E-state index contributed by atoms with van der Waals surface area (Å²) < 4.78 is 50.5. The van der Waals surface area contributed by atoms with E-state index in [0.717, 1.165) is 31.2 Å². The Balaban J connectivity index is 3.18. The van der Waals surface area contributed by atoms with E-state index in [4.69, 9.17) is 0 Å². The minimum Gasteiger partial charge on any atom is -0.383 e. The van der Waals surface area contributed by atoms with Crippen LogP contribution in [0.3, 0.4) is 0 Å². The molecule has 106 valence electrons. The van der Waals surface area contributed by atoms with E-state index in [-0.39, 0.29) is 11.3 Å². The molecule has 1 rings (SSSR count). The van der Waals surface area contributed by atoms with Gasteiger partial charge in [-0.3, -0.25) is 14.5 Å². The van der Waals surface area contributed by atoms with Gasteiger partial charge in [-0.1, -0.05) is 19.1 Å². The van der Waals surface area contributed by atoms with E-state index in [1.54, 1.807) is 0 Å². The zero-order chi connectivity index (χ0) is 14.8. The number of benzene rings is 1. The Labute approximate surface area is 105 Å². The summed E-state index contributed by atoms with van der Waals surface area (Å²) in [6, 6.07) is 3.94. The second kappa shape index (κ2) is 5.12. The topological polar surface area (TPSA) is 63.4 Å². The third-order valence-corrected chi connectivity index (χ3v) is 2.93. The lowest BCUT2D eigenvalue weighted by atomic mass is 9.78. The van der Waals surface area contributed by atoms with Gasteiger partial charge >= 0.3 is 6.18 Å². The molecule has 0 spiro atoms. The van der Waals surface area contributed by atoms with Crippen molar-refractivity contribution in [3.8, 4) is 0 Å². The molecular formula is C11H11F4NO3. The lowest BCUT2D eigenvalue weighted by Gasteiger charge is -2.33. The second-order valence-electron chi connectivity index (χ2n) is 4.30. The fourth-order valence-corrected chi connectivity index (χ4v) is 1.63. The number of hydrogen-bond acceptors (Lipinski definition) is 3. The van der Waals surface area contributed by atoms with Crippen molar-refractivity contribution in [2.45, 2.75) is 24.6 Å². The number of hydrogen-bond donors (Lipinski definition) is 1. The first-order valence-electron chi connectivity index (χ1n) is 5.18. The first-order chi connectivity index (χ1) is 8.63. The number of alkyl halides is 4. The summed E-state index contributed by atoms with van der Waals surface area (Å²) in [6.45, 7) is -0.544. The van der Waals surface area contributed by atoms with Crippen molar-refractivity contribution < 1.29 is 27.6 Å². The molecule has 0 heterocycles. The third-order valence-electron chi connectivity index (χ3n) is 2.93. The Morgan fingerprint density at radius 2 is 1.79 bits per heavy atom. The summed E-state index contributed by atoms with van der Waals surface area (Å²) in [7, 11) is 0. The molecule has 0 saturated heterocycles. The highest BCUT2D eigenvalue weighted by Crippen LogP contribution is 2.37. The van der Waals surface area contributed by atoms with E-state index in [1.165, 1.54) is 0 Å². The molecule has 0 saturated carbocycles. The molecule has 1 aromatic rings. The molecule has 0 bridgehead atoms. The molecule has 1 N–H and O–H groups in total. The van der Waals surface area contributed by atoms with Crippen molar-refractivity contribution in [3.63, 3.8) is 0 Å². The fraction of sp³-hybridized carbons (Fsp3) is 0.455. The summed E-state index contributed by atoms with van der Waals surface area (Å²) in [6.07, 6.45) is -7.88. The molecule has 19 heavy (non-hydrogen) atoms. The van der Waals surface area contributed by atoms with Gasteiger partial charge in [-0.25, -0.2) is 0 Å². The Hall–Kier alpha value is -1.70. The van der Waals surface area contributed by atoms with Crippen LogP contribution in [0.25, 0.3) is 0 Å². The number of nitrogens with zero attached hydrogens (tertiary/aromatic N) is 1. The third kappa shape index (κ3) is 3.01. The quantitative estimate of drug-likeness (QED) is 0.524. The molecule has 0 aliphatic heterocycles. The number of aliphatic hydroxyl groups excluding tert-OH is 1. The molecule has 2 atom stereocenters. The van der Waals surface area contributed by atoms with Gasteiger partial charge in [-0.15, -0.1) is 0 Å². The van der Waals surface area contributed by atoms with Crippen molar-refractivity contribution in [2.75, 3.05) is 6.67 Å². The van der Waals surface area contributed by atoms with Gasteiger partial charge in [-0.2, -0.15) is 13.2 Å². The molecule has 2 unspecified atom stereocenters. The first kappa shape index (κ1) is 15.4. The van der Waals surface area contributed by atoms with Crippen molar-refractivity contribution in [2.24, 2.45) is 0 Å². The molecule has 0 fully saturated rings. The predicted molar refractivity (Wildman–Crippen MR) is 58.5 cm³/mol. The van der Waals surface area contributed by atoms with Crippen LogP contribution >= 0.6 is 0 Å². The van der Waals surface area contributed by atoms with E-state index in [0.29, 0.717) is 0 Å². The molecule has 8 heteroatoms. The molecule has 4 nitrogen and oxygen atoms in total. The van der Waals surface area contributed by atoms with Crippen LogP contribution in [0, 0.1) is 10.1 Å². The Morgan fingerprint density at radius 3 is 2.11 bits per heavy atom. The van der Waals surface area contributed by atoms with Gasteiger partial charge in [0, 0.05) is 12.1 Å². The van der Waals surface area contributed by atoms with Gasteiger partial charge < -0.3 is 5.11 Å². The lowest BCUT2D eigenvalue weighted by Crippen LogP contribution is -2.48. The van der Waals surface area contributed by atoms with Gasteiger partial charge in [0.2, 0.25) is 0 Å². The standard InChI is InChI=1S/C11H11F4NO3/c1-10(6-12,9(17)11(13,14)15)7-2-4-8(5-3-7)16(18)19/h2-5,9,17H,6H2,1H3. The average molecular weight is 281 g/mol. The molecule has 1 aromatic carbocycles. The fourth-order valence-electron chi connectivity index (χ4n) is 1.63. The number of halogens is 4. The van der Waals surface area contributed by atoms with Crippen LogP contribution in [0.4, 0.5) is 23.2 Å². The highest BCUT2D eigenvalue weighted by molar-refractivity contribution is 5.37. The Morgan fingerprint density at radius 1 is 1.32 bits per heavy atom. The zero-order valence-corrected chi connectivity index (χ0v) is 9.82. The highest BCUT2D eigenvalue weighted by Gasteiger charge is 2.51. The molecule has 0 aromatic heterocycles. The van der Waals surface area contributed by atoms with E-state index in [9.17, 15) is 32.8 Å². The van der Waals surface area contributed by atoms with Gasteiger partial charge in [-0.05, 0) is 5.56 Å². The average Bonchev–Trinajstić information content (AvgIpc) is 2.36. The van der Waals surface area contributed by atoms with Crippen LogP contribution in [0.1, 0.15) is 12.5 Å². The van der Waals surface area contributed by atoms with E-state index < -0.39 is 29.3 Å². The summed E-state index contributed by atoms with van der Waals surface area (Å²) in [5, 5.41) is 19.7. The maximum atomic E-state index is 13.0. The summed E-state index contributed by atoms with van der Waals surface area (Å²) in [5.41, 5.74) is -2.69. The molecule has 0 radical (unpaired) electrons. The highest BCUT2D eigenvalue weighted by atomic mass is 19.4. The summed E-state index contributed by atoms with van der Waals surface area (Å²) in [4.78, 5) is 9.70. The molecule has 0 aliphatic carbocycles. The number of aliphatic hydroxyl groups is 1. The zero-order valence-electron chi connectivity index (χ0n) is 9.82. The van der Waals surface area contributed by atoms with Crippen molar-refractivity contribution in [1.82, 2.24) is 0 Å². The summed E-state index contributed by atoms with van der Waals surface area (Å²) >= 11 is 0. The van der Waals surface area contributed by atoms with Gasteiger partial charge in [0.05, 0.1) is 10.3 Å². The SMILES string of the molecule is CC(CF)(c1ccc([N+](=O)[O-])cc1)C(O)C(F)(F)F. The minimum absolute atomic E-state index is 0.162. The summed E-state index contributed by atoms with van der Waals surface area (Å²) in [5.74, 6) is 0. The van der Waals surface area contributed by atoms with Crippen LogP contribution < -0.4 is 0 Å². The molecule has 0 amide bonds. The largest absolute Gasteiger partial charge is 0.415 e. The van der Waals surface area contributed by atoms with Crippen LogP contribution in [0.2, 0.25) is 0 Å². The van der Waals surface area contributed by atoms with Gasteiger partial charge in [0.25, 0.3) is 5.69 Å². The predicted octanol–water partition coefficient (Wildman–Crippen LogP) is 2.75. The number of nitro groups is 1. The number of rotatable bonds is 4.